The number of carboxylic acids is 1. The molecule has 22 heavy (non-hydrogen) atoms. The van der Waals surface area contributed by atoms with Crippen molar-refractivity contribution in [1.29, 1.82) is 0 Å². The van der Waals surface area contributed by atoms with Crippen LogP contribution < -0.4 is 5.32 Å². The lowest BCUT2D eigenvalue weighted by Crippen LogP contribution is -2.30. The van der Waals surface area contributed by atoms with Crippen molar-refractivity contribution >= 4 is 23.5 Å². The third kappa shape index (κ3) is 4.33. The zero-order chi connectivity index (χ0) is 16.1. The third-order valence-electron chi connectivity index (χ3n) is 3.27. The van der Waals surface area contributed by atoms with Crippen LogP contribution in [-0.2, 0) is 4.79 Å². The molecule has 5 heteroatoms. The maximum Gasteiger partial charge on any atom is 0.305 e. The Morgan fingerprint density at radius 1 is 1.09 bits per heavy atom. The van der Waals surface area contributed by atoms with Gasteiger partial charge in [-0.2, -0.15) is 0 Å². The van der Waals surface area contributed by atoms with E-state index < -0.39 is 12.0 Å². The molecule has 4 nitrogen and oxygen atoms in total. The van der Waals surface area contributed by atoms with Crippen molar-refractivity contribution < 1.29 is 14.7 Å². The highest BCUT2D eigenvalue weighted by atomic mass is 35.5. The minimum atomic E-state index is -0.982. The number of benzene rings is 2. The van der Waals surface area contributed by atoms with Crippen molar-refractivity contribution in [2.24, 2.45) is 0 Å². The molecule has 1 amide bonds. The molecule has 114 valence electrons. The van der Waals surface area contributed by atoms with Gasteiger partial charge in [-0.3, -0.25) is 9.59 Å². The molecule has 0 radical (unpaired) electrons. The molecule has 0 saturated heterocycles. The van der Waals surface area contributed by atoms with Gasteiger partial charge in [0.25, 0.3) is 5.91 Å². The minimum absolute atomic E-state index is 0.195. The van der Waals surface area contributed by atoms with E-state index >= 15 is 0 Å². The molecule has 0 fully saturated rings. The number of nitrogens with one attached hydrogen (secondary N) is 1. The number of carboxylic acid groups (broad SMARTS) is 1. The molecule has 0 saturated carbocycles. The Morgan fingerprint density at radius 3 is 2.23 bits per heavy atom. The van der Waals surface area contributed by atoms with Crippen molar-refractivity contribution in [3.63, 3.8) is 0 Å². The van der Waals surface area contributed by atoms with Crippen molar-refractivity contribution in [2.45, 2.75) is 19.4 Å². The van der Waals surface area contributed by atoms with E-state index in [4.69, 9.17) is 16.7 Å². The number of rotatable bonds is 5. The summed E-state index contributed by atoms with van der Waals surface area (Å²) in [5.74, 6) is -1.29. The van der Waals surface area contributed by atoms with Gasteiger partial charge in [0.15, 0.2) is 0 Å². The van der Waals surface area contributed by atoms with Crippen molar-refractivity contribution in [3.05, 3.63) is 70.2 Å². The molecule has 0 aliphatic rings. The fourth-order valence-corrected chi connectivity index (χ4v) is 2.19. The average Bonchev–Trinajstić information content (AvgIpc) is 2.47. The van der Waals surface area contributed by atoms with E-state index in [0.717, 1.165) is 5.56 Å². The summed E-state index contributed by atoms with van der Waals surface area (Å²) >= 11 is 5.83. The topological polar surface area (TPSA) is 66.4 Å². The van der Waals surface area contributed by atoms with Gasteiger partial charge in [0, 0.05) is 10.6 Å². The number of aryl methyl sites for hydroxylation is 1. The second-order valence-corrected chi connectivity index (χ2v) is 5.48. The predicted molar refractivity (Wildman–Crippen MR) is 85.1 cm³/mol. The molecule has 0 spiro atoms. The summed E-state index contributed by atoms with van der Waals surface area (Å²) in [4.78, 5) is 23.3. The van der Waals surface area contributed by atoms with E-state index in [1.165, 1.54) is 0 Å². The first-order valence-electron chi connectivity index (χ1n) is 6.80. The Balaban J connectivity index is 2.19. The lowest BCUT2D eigenvalue weighted by atomic mass is 10.0. The van der Waals surface area contributed by atoms with Crippen LogP contribution in [0.1, 0.15) is 33.9 Å². The van der Waals surface area contributed by atoms with Gasteiger partial charge in [0.2, 0.25) is 0 Å². The fourth-order valence-electron chi connectivity index (χ4n) is 2.07. The van der Waals surface area contributed by atoms with E-state index in [-0.39, 0.29) is 12.3 Å². The van der Waals surface area contributed by atoms with Gasteiger partial charge >= 0.3 is 5.97 Å². The third-order valence-corrected chi connectivity index (χ3v) is 3.52. The summed E-state index contributed by atoms with van der Waals surface area (Å²) in [5.41, 5.74) is 2.25. The standard InChI is InChI=1S/C17H16ClNO3/c1-11-2-4-13(5-3-11)17(22)19-15(10-16(20)21)12-6-8-14(18)9-7-12/h2-9,15H,10H2,1H3,(H,19,22)(H,20,21)/t15-/m0/s1. The number of amides is 1. The summed E-state index contributed by atoms with van der Waals surface area (Å²) in [6.07, 6.45) is -0.195. The molecule has 0 unspecified atom stereocenters. The quantitative estimate of drug-likeness (QED) is 0.885. The monoisotopic (exact) mass is 317 g/mol. The van der Waals surface area contributed by atoms with Crippen molar-refractivity contribution in [2.75, 3.05) is 0 Å². The van der Waals surface area contributed by atoms with Crippen LogP contribution in [0.3, 0.4) is 0 Å². The lowest BCUT2D eigenvalue weighted by Gasteiger charge is -2.17. The lowest BCUT2D eigenvalue weighted by molar-refractivity contribution is -0.137. The van der Waals surface area contributed by atoms with Crippen LogP contribution in [0.2, 0.25) is 5.02 Å². The second-order valence-electron chi connectivity index (χ2n) is 5.04. The molecule has 2 aromatic rings. The van der Waals surface area contributed by atoms with Gasteiger partial charge < -0.3 is 10.4 Å². The van der Waals surface area contributed by atoms with Gasteiger partial charge in [-0.15, -0.1) is 0 Å². The van der Waals surface area contributed by atoms with E-state index in [9.17, 15) is 9.59 Å². The Bertz CT molecular complexity index is 665. The highest BCUT2D eigenvalue weighted by Gasteiger charge is 2.18. The van der Waals surface area contributed by atoms with Crippen LogP contribution in [0, 0.1) is 6.92 Å². The number of carbonyl (C=O) groups is 2. The van der Waals surface area contributed by atoms with Gasteiger partial charge in [-0.05, 0) is 36.8 Å². The largest absolute Gasteiger partial charge is 0.481 e. The van der Waals surface area contributed by atoms with Gasteiger partial charge in [-0.25, -0.2) is 0 Å². The summed E-state index contributed by atoms with van der Waals surface area (Å²) in [6, 6.07) is 13.3. The van der Waals surface area contributed by atoms with E-state index in [2.05, 4.69) is 5.32 Å². The molecular formula is C17H16ClNO3. The molecule has 0 aromatic heterocycles. The normalized spacial score (nSPS) is 11.7. The average molecular weight is 318 g/mol. The molecular weight excluding hydrogens is 302 g/mol. The van der Waals surface area contributed by atoms with E-state index in [1.54, 1.807) is 36.4 Å². The van der Waals surface area contributed by atoms with Crippen LogP contribution >= 0.6 is 11.6 Å². The first-order valence-corrected chi connectivity index (χ1v) is 7.18. The maximum absolute atomic E-state index is 12.3. The Morgan fingerprint density at radius 2 is 1.68 bits per heavy atom. The smallest absolute Gasteiger partial charge is 0.305 e. The SMILES string of the molecule is Cc1ccc(C(=O)N[C@@H](CC(=O)O)c2ccc(Cl)cc2)cc1. The fraction of sp³-hybridized carbons (Fsp3) is 0.176. The van der Waals surface area contributed by atoms with Crippen LogP contribution in [0.15, 0.2) is 48.5 Å². The van der Waals surface area contributed by atoms with E-state index in [0.29, 0.717) is 16.1 Å². The summed E-state index contributed by atoms with van der Waals surface area (Å²) in [6.45, 7) is 1.93. The molecule has 2 N–H and O–H groups in total. The first-order chi connectivity index (χ1) is 10.5. The van der Waals surface area contributed by atoms with Crippen LogP contribution in [0.5, 0.6) is 0 Å². The van der Waals surface area contributed by atoms with Gasteiger partial charge in [-0.1, -0.05) is 41.4 Å². The number of carbonyl (C=O) groups excluding carboxylic acids is 1. The summed E-state index contributed by atoms with van der Waals surface area (Å²) in [7, 11) is 0. The minimum Gasteiger partial charge on any atom is -0.481 e. The Kier molecular flexibility index (Phi) is 5.17. The number of halogens is 1. The van der Waals surface area contributed by atoms with Crippen LogP contribution in [-0.4, -0.2) is 17.0 Å². The van der Waals surface area contributed by atoms with Crippen molar-refractivity contribution in [1.82, 2.24) is 5.32 Å². The molecule has 2 aromatic carbocycles. The zero-order valence-corrected chi connectivity index (χ0v) is 12.8. The first kappa shape index (κ1) is 16.0. The highest BCUT2D eigenvalue weighted by molar-refractivity contribution is 6.30. The highest BCUT2D eigenvalue weighted by Crippen LogP contribution is 2.20. The zero-order valence-electron chi connectivity index (χ0n) is 12.0. The predicted octanol–water partition coefficient (Wildman–Crippen LogP) is 3.59. The second kappa shape index (κ2) is 7.09. The Labute approximate surface area is 133 Å². The van der Waals surface area contributed by atoms with Crippen molar-refractivity contribution in [3.8, 4) is 0 Å². The summed E-state index contributed by atoms with van der Waals surface area (Å²) < 4.78 is 0. The van der Waals surface area contributed by atoms with Gasteiger partial charge in [0.1, 0.15) is 0 Å². The number of hydrogen-bond donors (Lipinski definition) is 2. The molecule has 2 rings (SSSR count). The number of aliphatic carboxylic acids is 1. The molecule has 0 heterocycles. The summed E-state index contributed by atoms with van der Waals surface area (Å²) in [5, 5.41) is 12.4. The maximum atomic E-state index is 12.3. The Hall–Kier alpha value is -2.33. The van der Waals surface area contributed by atoms with E-state index in [1.807, 2.05) is 19.1 Å². The van der Waals surface area contributed by atoms with Crippen LogP contribution in [0.4, 0.5) is 0 Å². The molecule has 0 bridgehead atoms. The number of hydrogen-bond acceptors (Lipinski definition) is 2. The molecule has 1 atom stereocenters. The molecule has 0 aliphatic carbocycles. The van der Waals surface area contributed by atoms with Gasteiger partial charge in [0.05, 0.1) is 12.5 Å². The van der Waals surface area contributed by atoms with Crippen LogP contribution in [0.25, 0.3) is 0 Å². The molecule has 0 aliphatic heterocycles.